The van der Waals surface area contributed by atoms with Gasteiger partial charge in [0.1, 0.15) is 0 Å². The topological polar surface area (TPSA) is 32.5 Å². The molecule has 0 spiro atoms. The molecule has 0 aliphatic carbocycles. The van der Waals surface area contributed by atoms with Gasteiger partial charge in [-0.2, -0.15) is 0 Å². The molecular weight excluding hydrogens is 198 g/mol. The van der Waals surface area contributed by atoms with Crippen LogP contribution in [-0.4, -0.2) is 55.6 Å². The molecule has 0 fully saturated rings. The first kappa shape index (κ1) is 15.9. The van der Waals surface area contributed by atoms with Gasteiger partial charge in [0.15, 0.2) is 0 Å². The lowest BCUT2D eigenvalue weighted by molar-refractivity contribution is 0.208. The fraction of sp³-hybridized carbons (Fsp3) is 1.00. The van der Waals surface area contributed by atoms with Crippen molar-refractivity contribution in [3.05, 3.63) is 0 Å². The zero-order valence-corrected chi connectivity index (χ0v) is 11.9. The van der Waals surface area contributed by atoms with Gasteiger partial charge in [-0.05, 0) is 53.5 Å². The number of likely N-dealkylation sites (N-methyl/N-ethyl adjacent to an activating group) is 1. The van der Waals surface area contributed by atoms with Gasteiger partial charge in [-0.3, -0.25) is 0 Å². The standard InChI is InChI=1S/C13H31N3/c1-6-9-13(3,14)12-16(7-2)11-8-10-15(4)5/h6-12,14H2,1-5H3. The molecule has 0 radical (unpaired) electrons. The van der Waals surface area contributed by atoms with Crippen LogP contribution in [-0.2, 0) is 0 Å². The zero-order chi connectivity index (χ0) is 12.6. The lowest BCUT2D eigenvalue weighted by Crippen LogP contribution is -2.48. The maximum atomic E-state index is 6.28. The van der Waals surface area contributed by atoms with Crippen LogP contribution in [0.1, 0.15) is 40.0 Å². The largest absolute Gasteiger partial charge is 0.324 e. The van der Waals surface area contributed by atoms with Crippen LogP contribution in [0.5, 0.6) is 0 Å². The van der Waals surface area contributed by atoms with Crippen molar-refractivity contribution in [1.29, 1.82) is 0 Å². The Morgan fingerprint density at radius 1 is 1.12 bits per heavy atom. The van der Waals surface area contributed by atoms with Crippen LogP contribution in [0.3, 0.4) is 0 Å². The van der Waals surface area contributed by atoms with E-state index in [0.29, 0.717) is 0 Å². The smallest absolute Gasteiger partial charge is 0.0254 e. The third-order valence-electron chi connectivity index (χ3n) is 2.93. The molecule has 16 heavy (non-hydrogen) atoms. The van der Waals surface area contributed by atoms with Crippen molar-refractivity contribution in [3.63, 3.8) is 0 Å². The second-order valence-electron chi connectivity index (χ2n) is 5.43. The van der Waals surface area contributed by atoms with Crippen LogP contribution in [0.15, 0.2) is 0 Å². The molecule has 0 saturated carbocycles. The molecule has 0 aliphatic heterocycles. The van der Waals surface area contributed by atoms with Gasteiger partial charge in [-0.15, -0.1) is 0 Å². The Kier molecular flexibility index (Phi) is 7.98. The van der Waals surface area contributed by atoms with Gasteiger partial charge in [-0.1, -0.05) is 20.3 Å². The van der Waals surface area contributed by atoms with E-state index >= 15 is 0 Å². The summed E-state index contributed by atoms with van der Waals surface area (Å²) in [5.74, 6) is 0. The number of rotatable bonds is 9. The molecule has 98 valence electrons. The molecule has 3 heteroatoms. The molecule has 0 aliphatic rings. The molecule has 0 saturated heterocycles. The molecule has 0 amide bonds. The highest BCUT2D eigenvalue weighted by Gasteiger charge is 2.20. The maximum absolute atomic E-state index is 6.28. The monoisotopic (exact) mass is 229 g/mol. The van der Waals surface area contributed by atoms with E-state index in [1.54, 1.807) is 0 Å². The van der Waals surface area contributed by atoms with Crippen molar-refractivity contribution in [1.82, 2.24) is 9.80 Å². The van der Waals surface area contributed by atoms with E-state index < -0.39 is 0 Å². The number of nitrogens with two attached hydrogens (primary N) is 1. The SMILES string of the molecule is CCCC(C)(N)CN(CC)CCCN(C)C. The van der Waals surface area contributed by atoms with Gasteiger partial charge >= 0.3 is 0 Å². The predicted molar refractivity (Wildman–Crippen MR) is 72.8 cm³/mol. The summed E-state index contributed by atoms with van der Waals surface area (Å²) in [5, 5.41) is 0. The van der Waals surface area contributed by atoms with Crippen molar-refractivity contribution in [2.45, 2.75) is 45.6 Å². The Morgan fingerprint density at radius 2 is 1.75 bits per heavy atom. The van der Waals surface area contributed by atoms with Crippen LogP contribution in [0.25, 0.3) is 0 Å². The Labute approximate surface area is 102 Å². The molecule has 0 bridgehead atoms. The highest BCUT2D eigenvalue weighted by molar-refractivity contribution is 4.82. The van der Waals surface area contributed by atoms with E-state index in [9.17, 15) is 0 Å². The third-order valence-corrected chi connectivity index (χ3v) is 2.93. The second kappa shape index (κ2) is 8.04. The van der Waals surface area contributed by atoms with Crippen molar-refractivity contribution >= 4 is 0 Å². The molecule has 0 aromatic rings. The lowest BCUT2D eigenvalue weighted by Gasteiger charge is -2.32. The maximum Gasteiger partial charge on any atom is 0.0254 e. The first-order valence-electron chi connectivity index (χ1n) is 6.57. The van der Waals surface area contributed by atoms with E-state index in [4.69, 9.17) is 5.73 Å². The minimum Gasteiger partial charge on any atom is -0.324 e. The van der Waals surface area contributed by atoms with Gasteiger partial charge in [0, 0.05) is 12.1 Å². The summed E-state index contributed by atoms with van der Waals surface area (Å²) in [4.78, 5) is 4.71. The summed E-state index contributed by atoms with van der Waals surface area (Å²) < 4.78 is 0. The molecule has 2 N–H and O–H groups in total. The fourth-order valence-electron chi connectivity index (χ4n) is 2.12. The average Bonchev–Trinajstić information content (AvgIpc) is 2.15. The van der Waals surface area contributed by atoms with Crippen LogP contribution in [0.2, 0.25) is 0 Å². The Hall–Kier alpha value is -0.120. The molecule has 1 atom stereocenters. The molecule has 1 unspecified atom stereocenters. The normalized spacial score (nSPS) is 15.8. The van der Waals surface area contributed by atoms with E-state index in [-0.39, 0.29) is 5.54 Å². The van der Waals surface area contributed by atoms with Crippen molar-refractivity contribution in [2.24, 2.45) is 5.73 Å². The van der Waals surface area contributed by atoms with Crippen molar-refractivity contribution in [3.8, 4) is 0 Å². The number of hydrogen-bond donors (Lipinski definition) is 1. The third kappa shape index (κ3) is 8.08. The summed E-state index contributed by atoms with van der Waals surface area (Å²) in [7, 11) is 4.25. The minimum absolute atomic E-state index is 0.0249. The molecule has 0 rings (SSSR count). The Bertz CT molecular complexity index is 167. The zero-order valence-electron chi connectivity index (χ0n) is 11.9. The summed E-state index contributed by atoms with van der Waals surface area (Å²) in [6.07, 6.45) is 3.50. The summed E-state index contributed by atoms with van der Waals surface area (Å²) in [5.41, 5.74) is 6.26. The van der Waals surface area contributed by atoms with Gasteiger partial charge in [0.2, 0.25) is 0 Å². The summed E-state index contributed by atoms with van der Waals surface area (Å²) >= 11 is 0. The van der Waals surface area contributed by atoms with Crippen LogP contribution in [0.4, 0.5) is 0 Å². The highest BCUT2D eigenvalue weighted by atomic mass is 15.1. The van der Waals surface area contributed by atoms with E-state index in [0.717, 1.165) is 32.6 Å². The second-order valence-corrected chi connectivity index (χ2v) is 5.43. The highest BCUT2D eigenvalue weighted by Crippen LogP contribution is 2.11. The van der Waals surface area contributed by atoms with E-state index in [2.05, 4.69) is 44.7 Å². The van der Waals surface area contributed by atoms with Crippen LogP contribution in [0, 0.1) is 0 Å². The van der Waals surface area contributed by atoms with Gasteiger partial charge in [-0.25, -0.2) is 0 Å². The Balaban J connectivity index is 3.90. The molecule has 0 aromatic carbocycles. The summed E-state index contributed by atoms with van der Waals surface area (Å²) in [6.45, 7) is 11.0. The molecule has 3 nitrogen and oxygen atoms in total. The van der Waals surface area contributed by atoms with Gasteiger partial charge in [0.25, 0.3) is 0 Å². The van der Waals surface area contributed by atoms with Crippen LogP contribution < -0.4 is 5.73 Å². The molecule has 0 heterocycles. The van der Waals surface area contributed by atoms with Gasteiger partial charge in [0.05, 0.1) is 0 Å². The number of nitrogens with zero attached hydrogens (tertiary/aromatic N) is 2. The average molecular weight is 229 g/mol. The minimum atomic E-state index is -0.0249. The lowest BCUT2D eigenvalue weighted by atomic mass is 9.97. The Morgan fingerprint density at radius 3 is 2.19 bits per heavy atom. The predicted octanol–water partition coefficient (Wildman–Crippen LogP) is 1.78. The van der Waals surface area contributed by atoms with Crippen LogP contribution >= 0.6 is 0 Å². The van der Waals surface area contributed by atoms with Crippen molar-refractivity contribution < 1.29 is 0 Å². The first-order chi connectivity index (χ1) is 7.41. The molecule has 0 aromatic heterocycles. The summed E-state index contributed by atoms with van der Waals surface area (Å²) in [6, 6.07) is 0. The van der Waals surface area contributed by atoms with Gasteiger partial charge < -0.3 is 15.5 Å². The first-order valence-corrected chi connectivity index (χ1v) is 6.57. The fourth-order valence-corrected chi connectivity index (χ4v) is 2.12. The molecular formula is C13H31N3. The number of hydrogen-bond acceptors (Lipinski definition) is 3. The quantitative estimate of drug-likeness (QED) is 0.654. The van der Waals surface area contributed by atoms with E-state index in [1.165, 1.54) is 12.8 Å². The van der Waals surface area contributed by atoms with Crippen molar-refractivity contribution in [2.75, 3.05) is 40.3 Å². The van der Waals surface area contributed by atoms with E-state index in [1.807, 2.05) is 0 Å².